The second-order valence-electron chi connectivity index (χ2n) is 2.68. The van der Waals surface area contributed by atoms with E-state index >= 15 is 0 Å². The van der Waals surface area contributed by atoms with Gasteiger partial charge in [-0.05, 0) is 25.8 Å². The summed E-state index contributed by atoms with van der Waals surface area (Å²) in [5.41, 5.74) is 1.57. The number of nitrogens with zero attached hydrogens (tertiary/aromatic N) is 2. The van der Waals surface area contributed by atoms with Gasteiger partial charge in [0.2, 0.25) is 0 Å². The predicted molar refractivity (Wildman–Crippen MR) is 45.4 cm³/mol. The molecule has 0 aliphatic rings. The van der Waals surface area contributed by atoms with Gasteiger partial charge < -0.3 is 0 Å². The van der Waals surface area contributed by atoms with Crippen molar-refractivity contribution in [2.24, 2.45) is 0 Å². The highest BCUT2D eigenvalue weighted by molar-refractivity contribution is 5.01. The molecule has 0 aromatic carbocycles. The van der Waals surface area contributed by atoms with Crippen molar-refractivity contribution < 1.29 is 8.78 Å². The Kier molecular flexibility index (Phi) is 3.49. The summed E-state index contributed by atoms with van der Waals surface area (Å²) in [6, 6.07) is 0. The van der Waals surface area contributed by atoms with Gasteiger partial charge in [-0.1, -0.05) is 0 Å². The van der Waals surface area contributed by atoms with Crippen LogP contribution in [0.3, 0.4) is 0 Å². The Morgan fingerprint density at radius 1 is 1.38 bits per heavy atom. The minimum absolute atomic E-state index is 0.306. The first-order valence-corrected chi connectivity index (χ1v) is 3.97. The molecule has 0 N–H and O–H groups in total. The number of hydrogen-bond donors (Lipinski definition) is 0. The summed E-state index contributed by atoms with van der Waals surface area (Å²) in [5.74, 6) is 0. The third-order valence-corrected chi connectivity index (χ3v) is 1.53. The van der Waals surface area contributed by atoms with E-state index in [0.29, 0.717) is 12.8 Å². The van der Waals surface area contributed by atoms with Crippen molar-refractivity contribution in [3.63, 3.8) is 0 Å². The summed E-state index contributed by atoms with van der Waals surface area (Å²) in [7, 11) is 0. The zero-order chi connectivity index (χ0) is 9.68. The van der Waals surface area contributed by atoms with Crippen LogP contribution in [0.4, 0.5) is 8.78 Å². The molecule has 1 aromatic rings. The highest BCUT2D eigenvalue weighted by Gasteiger charge is 1.94. The van der Waals surface area contributed by atoms with Gasteiger partial charge in [0.05, 0.1) is 11.4 Å². The Hall–Kier alpha value is -1.32. The monoisotopic (exact) mass is 184 g/mol. The van der Waals surface area contributed by atoms with E-state index in [1.807, 2.05) is 6.92 Å². The molecule has 2 nitrogen and oxygen atoms in total. The number of aromatic nitrogens is 2. The highest BCUT2D eigenvalue weighted by atomic mass is 19.3. The van der Waals surface area contributed by atoms with E-state index < -0.39 is 6.08 Å². The second-order valence-corrected chi connectivity index (χ2v) is 2.68. The molecule has 0 spiro atoms. The van der Waals surface area contributed by atoms with Gasteiger partial charge in [-0.25, -0.2) is 0 Å². The van der Waals surface area contributed by atoms with Crippen molar-refractivity contribution in [3.05, 3.63) is 35.9 Å². The molecule has 0 aliphatic heterocycles. The average Bonchev–Trinajstić information content (AvgIpc) is 2.08. The predicted octanol–water partition coefficient (Wildman–Crippen LogP) is 2.50. The average molecular weight is 184 g/mol. The van der Waals surface area contributed by atoms with Crippen LogP contribution in [0.15, 0.2) is 24.6 Å². The lowest BCUT2D eigenvalue weighted by Crippen LogP contribution is -1.91. The molecule has 0 unspecified atom stereocenters. The Morgan fingerprint density at radius 3 is 2.69 bits per heavy atom. The molecule has 13 heavy (non-hydrogen) atoms. The molecule has 70 valence electrons. The number of halogens is 2. The molecule has 1 aromatic heterocycles. The van der Waals surface area contributed by atoms with E-state index in [0.717, 1.165) is 17.5 Å². The smallest absolute Gasteiger partial charge is 0.258 e. The van der Waals surface area contributed by atoms with Crippen LogP contribution in [0, 0.1) is 6.92 Å². The molecule has 0 amide bonds. The van der Waals surface area contributed by atoms with Crippen LogP contribution < -0.4 is 0 Å². The third-order valence-electron chi connectivity index (χ3n) is 1.53. The van der Waals surface area contributed by atoms with E-state index in [9.17, 15) is 8.78 Å². The second kappa shape index (κ2) is 4.64. The molecule has 0 atom stereocenters. The van der Waals surface area contributed by atoms with Crippen molar-refractivity contribution in [2.45, 2.75) is 19.8 Å². The third kappa shape index (κ3) is 3.73. The lowest BCUT2D eigenvalue weighted by molar-refractivity contribution is 0.417. The summed E-state index contributed by atoms with van der Waals surface area (Å²) in [6.07, 6.45) is 3.30. The van der Waals surface area contributed by atoms with Crippen LogP contribution in [0.25, 0.3) is 0 Å². The van der Waals surface area contributed by atoms with Gasteiger partial charge in [-0.2, -0.15) is 8.78 Å². The van der Waals surface area contributed by atoms with Gasteiger partial charge in [0, 0.05) is 12.4 Å². The summed E-state index contributed by atoms with van der Waals surface area (Å²) in [6.45, 7) is 1.83. The summed E-state index contributed by atoms with van der Waals surface area (Å²) >= 11 is 0. The first-order valence-electron chi connectivity index (χ1n) is 3.97. The van der Waals surface area contributed by atoms with Crippen molar-refractivity contribution in [1.82, 2.24) is 9.97 Å². The van der Waals surface area contributed by atoms with Crippen molar-refractivity contribution >= 4 is 0 Å². The SMILES string of the molecule is Cc1cnc(CCC=C(F)F)cn1. The van der Waals surface area contributed by atoms with Gasteiger partial charge in [-0.15, -0.1) is 0 Å². The van der Waals surface area contributed by atoms with Crippen LogP contribution in [0.5, 0.6) is 0 Å². The molecule has 1 rings (SSSR count). The van der Waals surface area contributed by atoms with Crippen LogP contribution in [-0.4, -0.2) is 9.97 Å². The van der Waals surface area contributed by atoms with E-state index in [-0.39, 0.29) is 0 Å². The maximum absolute atomic E-state index is 11.6. The zero-order valence-electron chi connectivity index (χ0n) is 7.30. The van der Waals surface area contributed by atoms with Crippen molar-refractivity contribution in [3.8, 4) is 0 Å². The molecule has 4 heteroatoms. The van der Waals surface area contributed by atoms with E-state index in [1.54, 1.807) is 12.4 Å². The van der Waals surface area contributed by atoms with E-state index in [4.69, 9.17) is 0 Å². The van der Waals surface area contributed by atoms with Crippen LogP contribution in [-0.2, 0) is 6.42 Å². The normalized spacial score (nSPS) is 9.77. The Labute approximate surface area is 75.3 Å². The highest BCUT2D eigenvalue weighted by Crippen LogP contribution is 2.03. The number of allylic oxidation sites excluding steroid dienone is 1. The molecule has 0 saturated carbocycles. The summed E-state index contributed by atoms with van der Waals surface area (Å²) < 4.78 is 23.3. The van der Waals surface area contributed by atoms with Crippen LogP contribution >= 0.6 is 0 Å². The number of rotatable bonds is 3. The Bertz CT molecular complexity index is 289. The fourth-order valence-electron chi connectivity index (χ4n) is 0.878. The Morgan fingerprint density at radius 2 is 2.15 bits per heavy atom. The topological polar surface area (TPSA) is 25.8 Å². The lowest BCUT2D eigenvalue weighted by atomic mass is 10.2. The van der Waals surface area contributed by atoms with Gasteiger partial charge in [0.1, 0.15) is 0 Å². The van der Waals surface area contributed by atoms with Gasteiger partial charge in [0.15, 0.2) is 0 Å². The van der Waals surface area contributed by atoms with Crippen molar-refractivity contribution in [2.75, 3.05) is 0 Å². The quantitative estimate of drug-likeness (QED) is 0.721. The molecule has 0 fully saturated rings. The summed E-state index contributed by atoms with van der Waals surface area (Å²) in [4.78, 5) is 8.04. The van der Waals surface area contributed by atoms with Crippen molar-refractivity contribution in [1.29, 1.82) is 0 Å². The zero-order valence-corrected chi connectivity index (χ0v) is 7.30. The first-order chi connectivity index (χ1) is 6.18. The van der Waals surface area contributed by atoms with Crippen LogP contribution in [0.2, 0.25) is 0 Å². The molecular weight excluding hydrogens is 174 g/mol. The molecule has 0 radical (unpaired) electrons. The standard InChI is InChI=1S/C9H10F2N2/c1-7-5-13-8(6-12-7)3-2-4-9(10)11/h4-6H,2-3H2,1H3. The van der Waals surface area contributed by atoms with Gasteiger partial charge >= 0.3 is 0 Å². The fraction of sp³-hybridized carbons (Fsp3) is 0.333. The lowest BCUT2D eigenvalue weighted by Gasteiger charge is -1.96. The fourth-order valence-corrected chi connectivity index (χ4v) is 0.878. The van der Waals surface area contributed by atoms with Crippen LogP contribution in [0.1, 0.15) is 17.8 Å². The maximum Gasteiger partial charge on any atom is 0.266 e. The molecule has 0 aliphatic carbocycles. The Balaban J connectivity index is 2.46. The first kappa shape index (κ1) is 9.77. The largest absolute Gasteiger partial charge is 0.266 e. The van der Waals surface area contributed by atoms with E-state index in [2.05, 4.69) is 9.97 Å². The minimum atomic E-state index is -1.64. The number of hydrogen-bond acceptors (Lipinski definition) is 2. The maximum atomic E-state index is 11.6. The molecule has 0 saturated heterocycles. The van der Waals surface area contributed by atoms with Gasteiger partial charge in [-0.3, -0.25) is 9.97 Å². The van der Waals surface area contributed by atoms with E-state index in [1.165, 1.54) is 0 Å². The molecular formula is C9H10F2N2. The number of aryl methyl sites for hydroxylation is 2. The minimum Gasteiger partial charge on any atom is -0.258 e. The van der Waals surface area contributed by atoms with Gasteiger partial charge in [0.25, 0.3) is 6.08 Å². The molecule has 1 heterocycles. The summed E-state index contributed by atoms with van der Waals surface area (Å²) in [5, 5.41) is 0. The molecule has 0 bridgehead atoms.